The van der Waals surface area contributed by atoms with Gasteiger partial charge in [-0.2, -0.15) is 5.10 Å². The summed E-state index contributed by atoms with van der Waals surface area (Å²) >= 11 is 6.23. The zero-order valence-electron chi connectivity index (χ0n) is 15.0. The second kappa shape index (κ2) is 6.76. The van der Waals surface area contributed by atoms with Crippen LogP contribution in [0.2, 0.25) is 5.02 Å². The molecular formula is C19H22ClN3O3. The molecular weight excluding hydrogens is 354 g/mol. The number of rotatable bonds is 6. The van der Waals surface area contributed by atoms with Crippen LogP contribution in [0.5, 0.6) is 0 Å². The molecule has 0 unspecified atom stereocenters. The minimum atomic E-state index is -1.03. The molecule has 1 aliphatic carbocycles. The van der Waals surface area contributed by atoms with Gasteiger partial charge in [-0.15, -0.1) is 0 Å². The first-order chi connectivity index (χ1) is 12.2. The first-order valence-electron chi connectivity index (χ1n) is 8.57. The third-order valence-electron chi connectivity index (χ3n) is 4.68. The van der Waals surface area contributed by atoms with Crippen LogP contribution in [0, 0.1) is 12.3 Å². The maximum Gasteiger partial charge on any atom is 0.310 e. The number of carboxylic acids is 1. The highest BCUT2D eigenvalue weighted by molar-refractivity contribution is 6.31. The second-order valence-corrected chi connectivity index (χ2v) is 7.84. The van der Waals surface area contributed by atoms with Crippen molar-refractivity contribution >= 4 is 23.5 Å². The van der Waals surface area contributed by atoms with Gasteiger partial charge < -0.3 is 10.4 Å². The molecule has 0 atom stereocenters. The number of amides is 1. The maximum absolute atomic E-state index is 12.6. The summed E-state index contributed by atoms with van der Waals surface area (Å²) in [7, 11) is 0. The number of aryl methyl sites for hydroxylation is 1. The number of carboxylic acid groups (broad SMARTS) is 1. The number of hydrogen-bond donors (Lipinski definition) is 2. The number of aromatic nitrogens is 2. The van der Waals surface area contributed by atoms with Gasteiger partial charge in [0.2, 0.25) is 0 Å². The molecule has 1 amide bonds. The van der Waals surface area contributed by atoms with Gasteiger partial charge in [0.25, 0.3) is 5.91 Å². The molecule has 0 spiro atoms. The molecule has 26 heavy (non-hydrogen) atoms. The van der Waals surface area contributed by atoms with Crippen molar-refractivity contribution in [3.63, 3.8) is 0 Å². The highest BCUT2D eigenvalue weighted by Crippen LogP contribution is 2.42. The Morgan fingerprint density at radius 2 is 2.08 bits per heavy atom. The number of benzene rings is 1. The molecule has 2 N–H and O–H groups in total. The first-order valence-corrected chi connectivity index (χ1v) is 8.94. The van der Waals surface area contributed by atoms with Crippen molar-refractivity contribution in [3.05, 3.63) is 46.2 Å². The van der Waals surface area contributed by atoms with E-state index in [9.17, 15) is 14.7 Å². The van der Waals surface area contributed by atoms with E-state index in [4.69, 9.17) is 11.6 Å². The number of nitrogens with one attached hydrogen (secondary N) is 1. The summed E-state index contributed by atoms with van der Waals surface area (Å²) in [5.41, 5.74) is 2.10. The van der Waals surface area contributed by atoms with Crippen LogP contribution in [0.15, 0.2) is 24.4 Å². The van der Waals surface area contributed by atoms with E-state index in [0.717, 1.165) is 29.8 Å². The molecule has 1 aromatic heterocycles. The van der Waals surface area contributed by atoms with E-state index in [1.54, 1.807) is 24.7 Å². The van der Waals surface area contributed by atoms with Crippen LogP contribution < -0.4 is 5.32 Å². The summed E-state index contributed by atoms with van der Waals surface area (Å²) in [6, 6.07) is 5.69. The molecule has 1 heterocycles. The van der Waals surface area contributed by atoms with Crippen molar-refractivity contribution in [3.8, 4) is 5.69 Å². The quantitative estimate of drug-likeness (QED) is 0.808. The lowest BCUT2D eigenvalue weighted by molar-refractivity contribution is -0.146. The Morgan fingerprint density at radius 3 is 2.65 bits per heavy atom. The van der Waals surface area contributed by atoms with Gasteiger partial charge in [0.15, 0.2) is 0 Å². The standard InChI is InChI=1S/C19H22ClN3O3/c1-11-4-7-13(8-15(11)20)23-16(12-5-6-12)14(9-22-23)17(24)21-10-19(2,3)18(25)26/h4,7-9,12H,5-6,10H2,1-3H3,(H,21,24)(H,25,26). The number of carbonyl (C=O) groups is 2. The third-order valence-corrected chi connectivity index (χ3v) is 5.09. The van der Waals surface area contributed by atoms with Crippen LogP contribution in [0.25, 0.3) is 5.69 Å². The van der Waals surface area contributed by atoms with Gasteiger partial charge in [-0.1, -0.05) is 17.7 Å². The highest BCUT2D eigenvalue weighted by atomic mass is 35.5. The van der Waals surface area contributed by atoms with Crippen LogP contribution in [0.4, 0.5) is 0 Å². The predicted molar refractivity (Wildman–Crippen MR) is 99.0 cm³/mol. The summed E-state index contributed by atoms with van der Waals surface area (Å²) in [6.07, 6.45) is 3.56. The molecule has 1 aromatic carbocycles. The van der Waals surface area contributed by atoms with Gasteiger partial charge in [-0.3, -0.25) is 9.59 Å². The third kappa shape index (κ3) is 3.60. The fraction of sp³-hybridized carbons (Fsp3) is 0.421. The smallest absolute Gasteiger partial charge is 0.310 e. The molecule has 2 aromatic rings. The molecule has 3 rings (SSSR count). The SMILES string of the molecule is Cc1ccc(-n2ncc(C(=O)NCC(C)(C)C(=O)O)c2C2CC2)cc1Cl. The van der Waals surface area contributed by atoms with Gasteiger partial charge in [-0.25, -0.2) is 4.68 Å². The van der Waals surface area contributed by atoms with Crippen molar-refractivity contribution in [1.29, 1.82) is 0 Å². The van der Waals surface area contributed by atoms with Gasteiger partial charge in [-0.05, 0) is 51.3 Å². The monoisotopic (exact) mass is 375 g/mol. The van der Waals surface area contributed by atoms with E-state index in [1.165, 1.54) is 0 Å². The van der Waals surface area contributed by atoms with Crippen LogP contribution >= 0.6 is 11.6 Å². The topological polar surface area (TPSA) is 84.2 Å². The van der Waals surface area contributed by atoms with Gasteiger partial charge in [0.1, 0.15) is 0 Å². The number of carbonyl (C=O) groups excluding carboxylic acids is 1. The van der Waals surface area contributed by atoms with Crippen LogP contribution in [-0.2, 0) is 4.79 Å². The summed E-state index contributed by atoms with van der Waals surface area (Å²) in [5.74, 6) is -0.971. The van der Waals surface area contributed by atoms with Gasteiger partial charge in [0.05, 0.1) is 28.6 Å². The average molecular weight is 376 g/mol. The number of halogens is 1. The normalized spacial score (nSPS) is 14.3. The summed E-state index contributed by atoms with van der Waals surface area (Å²) in [5, 5.41) is 17.0. The van der Waals surface area contributed by atoms with Crippen LogP contribution in [-0.4, -0.2) is 33.3 Å². The Kier molecular flexibility index (Phi) is 4.80. The zero-order valence-corrected chi connectivity index (χ0v) is 15.8. The molecule has 6 nitrogen and oxygen atoms in total. The van der Waals surface area contributed by atoms with E-state index in [2.05, 4.69) is 10.4 Å². The Hall–Kier alpha value is -2.34. The predicted octanol–water partition coefficient (Wildman–Crippen LogP) is 3.55. The average Bonchev–Trinajstić information content (AvgIpc) is 3.33. The lowest BCUT2D eigenvalue weighted by Gasteiger charge is -2.19. The van der Waals surface area contributed by atoms with E-state index in [1.807, 2.05) is 25.1 Å². The van der Waals surface area contributed by atoms with E-state index in [0.29, 0.717) is 10.6 Å². The summed E-state index contributed by atoms with van der Waals surface area (Å²) in [6.45, 7) is 5.14. The Balaban J connectivity index is 1.89. The van der Waals surface area contributed by atoms with Gasteiger partial charge >= 0.3 is 5.97 Å². The second-order valence-electron chi connectivity index (χ2n) is 7.43. The van der Waals surface area contributed by atoms with Crippen molar-refractivity contribution in [2.75, 3.05) is 6.54 Å². The molecule has 1 fully saturated rings. The van der Waals surface area contributed by atoms with Crippen molar-refractivity contribution in [2.45, 2.75) is 39.5 Å². The van der Waals surface area contributed by atoms with Gasteiger partial charge in [0, 0.05) is 17.5 Å². The molecule has 0 aliphatic heterocycles. The molecule has 7 heteroatoms. The van der Waals surface area contributed by atoms with Crippen molar-refractivity contribution in [1.82, 2.24) is 15.1 Å². The van der Waals surface area contributed by atoms with Crippen molar-refractivity contribution in [2.24, 2.45) is 5.41 Å². The van der Waals surface area contributed by atoms with Crippen LogP contribution in [0.3, 0.4) is 0 Å². The highest BCUT2D eigenvalue weighted by Gasteiger charge is 2.34. The summed E-state index contributed by atoms with van der Waals surface area (Å²) in [4.78, 5) is 23.9. The first kappa shape index (κ1) is 18.5. The Bertz CT molecular complexity index is 869. The van der Waals surface area contributed by atoms with Crippen molar-refractivity contribution < 1.29 is 14.7 Å². The molecule has 0 radical (unpaired) electrons. The molecule has 1 aliphatic rings. The fourth-order valence-electron chi connectivity index (χ4n) is 2.67. The minimum Gasteiger partial charge on any atom is -0.481 e. The van der Waals surface area contributed by atoms with Crippen LogP contribution in [0.1, 0.15) is 54.2 Å². The van der Waals surface area contributed by atoms with E-state index >= 15 is 0 Å². The largest absolute Gasteiger partial charge is 0.481 e. The lowest BCUT2D eigenvalue weighted by Crippen LogP contribution is -2.39. The number of nitrogens with zero attached hydrogens (tertiary/aromatic N) is 2. The van der Waals surface area contributed by atoms with E-state index < -0.39 is 11.4 Å². The Morgan fingerprint density at radius 1 is 1.38 bits per heavy atom. The molecule has 138 valence electrons. The lowest BCUT2D eigenvalue weighted by atomic mass is 9.94. The maximum atomic E-state index is 12.6. The summed E-state index contributed by atoms with van der Waals surface area (Å²) < 4.78 is 1.76. The number of hydrogen-bond acceptors (Lipinski definition) is 3. The molecule has 1 saturated carbocycles. The number of aliphatic carboxylic acids is 1. The fourth-order valence-corrected chi connectivity index (χ4v) is 2.85. The molecule has 0 bridgehead atoms. The minimum absolute atomic E-state index is 0.0484. The van der Waals surface area contributed by atoms with E-state index in [-0.39, 0.29) is 18.4 Å². The Labute approximate surface area is 157 Å². The zero-order chi connectivity index (χ0) is 19.1. The molecule has 0 saturated heterocycles.